The molecule has 0 radical (unpaired) electrons. The molecule has 0 fully saturated rings. The maximum Gasteiger partial charge on any atom is 0.319 e. The van der Waals surface area contributed by atoms with Crippen LogP contribution in [0.25, 0.3) is 0 Å². The Labute approximate surface area is 147 Å². The summed E-state index contributed by atoms with van der Waals surface area (Å²) >= 11 is 0. The quantitative estimate of drug-likeness (QED) is 0.557. The first-order valence-corrected chi connectivity index (χ1v) is 8.14. The van der Waals surface area contributed by atoms with E-state index >= 15 is 0 Å². The lowest BCUT2D eigenvalue weighted by atomic mass is 10.0. The second kappa shape index (κ2) is 9.15. The van der Waals surface area contributed by atoms with Crippen molar-refractivity contribution in [1.29, 1.82) is 0 Å². The highest BCUT2D eigenvalue weighted by atomic mass is 19.1. The smallest absolute Gasteiger partial charge is 0.319 e. The third-order valence-electron chi connectivity index (χ3n) is 3.61. The minimum atomic E-state index is -1.25. The molecule has 2 amide bonds. The Morgan fingerprint density at radius 1 is 1.12 bits per heavy atom. The molecule has 0 aliphatic rings. The van der Waals surface area contributed by atoms with Gasteiger partial charge in [0.05, 0.1) is 6.61 Å². The zero-order valence-electron chi connectivity index (χ0n) is 15.3. The summed E-state index contributed by atoms with van der Waals surface area (Å²) in [6.07, 6.45) is -0.283. The third-order valence-corrected chi connectivity index (χ3v) is 3.61. The highest BCUT2D eigenvalue weighted by Crippen LogP contribution is 2.22. The van der Waals surface area contributed by atoms with E-state index in [1.165, 1.54) is 34.1 Å². The van der Waals surface area contributed by atoms with Crippen molar-refractivity contribution in [3.8, 4) is 0 Å². The van der Waals surface area contributed by atoms with Gasteiger partial charge in [0, 0.05) is 32.2 Å². The Morgan fingerprint density at radius 2 is 1.68 bits per heavy atom. The number of hydrogen-bond donors (Lipinski definition) is 0. The molecule has 0 aliphatic heterocycles. The highest BCUT2D eigenvalue weighted by molar-refractivity contribution is 6.08. The van der Waals surface area contributed by atoms with Crippen LogP contribution >= 0.6 is 0 Å². The monoisotopic (exact) mass is 352 g/mol. The van der Waals surface area contributed by atoms with Crippen LogP contribution in [0.2, 0.25) is 0 Å². The number of halogens is 1. The molecule has 1 aromatic carbocycles. The van der Waals surface area contributed by atoms with Gasteiger partial charge in [0.25, 0.3) is 0 Å². The molecule has 0 bridgehead atoms. The van der Waals surface area contributed by atoms with E-state index in [0.29, 0.717) is 5.69 Å². The second-order valence-corrected chi connectivity index (χ2v) is 6.08. The van der Waals surface area contributed by atoms with Crippen molar-refractivity contribution in [3.05, 3.63) is 30.1 Å². The molecule has 6 nitrogen and oxygen atoms in total. The van der Waals surface area contributed by atoms with Crippen molar-refractivity contribution in [2.45, 2.75) is 33.2 Å². The predicted octanol–water partition coefficient (Wildman–Crippen LogP) is 2.22. The van der Waals surface area contributed by atoms with Gasteiger partial charge in [0.2, 0.25) is 11.8 Å². The molecule has 7 heteroatoms. The number of nitrogens with zero attached hydrogens (tertiary/aromatic N) is 2. The van der Waals surface area contributed by atoms with E-state index in [9.17, 15) is 18.8 Å². The summed E-state index contributed by atoms with van der Waals surface area (Å²) in [6, 6.07) is 5.11. The molecule has 0 heterocycles. The molecular weight excluding hydrogens is 327 g/mol. The summed E-state index contributed by atoms with van der Waals surface area (Å²) < 4.78 is 18.1. The van der Waals surface area contributed by atoms with E-state index in [1.807, 2.05) is 0 Å². The number of carbonyl (C=O) groups excluding carboxylic acids is 3. The van der Waals surface area contributed by atoms with Crippen LogP contribution in [0.5, 0.6) is 0 Å². The van der Waals surface area contributed by atoms with Gasteiger partial charge in [-0.05, 0) is 45.0 Å². The molecule has 0 saturated carbocycles. The Balaban J connectivity index is 3.19. The zero-order valence-corrected chi connectivity index (χ0v) is 15.3. The molecular formula is C18H25FN2O4. The van der Waals surface area contributed by atoms with Crippen molar-refractivity contribution in [2.75, 3.05) is 25.6 Å². The van der Waals surface area contributed by atoms with E-state index < -0.39 is 23.6 Å². The van der Waals surface area contributed by atoms with Gasteiger partial charge in [0.1, 0.15) is 11.7 Å². The van der Waals surface area contributed by atoms with Crippen LogP contribution in [0.1, 0.15) is 27.2 Å². The number of hydrogen-bond acceptors (Lipinski definition) is 4. The van der Waals surface area contributed by atoms with E-state index in [1.54, 1.807) is 34.9 Å². The highest BCUT2D eigenvalue weighted by Gasteiger charge is 2.36. The van der Waals surface area contributed by atoms with Gasteiger partial charge in [-0.2, -0.15) is 0 Å². The summed E-state index contributed by atoms with van der Waals surface area (Å²) in [7, 11) is 3.10. The topological polar surface area (TPSA) is 66.9 Å². The molecule has 1 aromatic rings. The van der Waals surface area contributed by atoms with Crippen LogP contribution in [-0.4, -0.2) is 49.4 Å². The lowest BCUT2D eigenvalue weighted by Crippen LogP contribution is -2.45. The van der Waals surface area contributed by atoms with E-state index in [0.717, 1.165) is 0 Å². The summed E-state index contributed by atoms with van der Waals surface area (Å²) in [6.45, 7) is 5.29. The molecule has 0 saturated heterocycles. The largest absolute Gasteiger partial charge is 0.465 e. The number of benzene rings is 1. The summed E-state index contributed by atoms with van der Waals surface area (Å²) in [5.74, 6) is -3.31. The lowest BCUT2D eigenvalue weighted by Gasteiger charge is -2.30. The number of carbonyl (C=O) groups is 3. The van der Waals surface area contributed by atoms with Crippen LogP contribution in [0.15, 0.2) is 24.3 Å². The van der Waals surface area contributed by atoms with Crippen LogP contribution in [0.4, 0.5) is 10.1 Å². The van der Waals surface area contributed by atoms with Crippen molar-refractivity contribution >= 4 is 23.5 Å². The average molecular weight is 352 g/mol. The summed E-state index contributed by atoms with van der Waals surface area (Å²) in [5.41, 5.74) is 0.452. The first-order valence-electron chi connectivity index (χ1n) is 8.14. The average Bonchev–Trinajstić information content (AvgIpc) is 2.53. The molecule has 138 valence electrons. The Morgan fingerprint density at radius 3 is 2.12 bits per heavy atom. The maximum absolute atomic E-state index is 13.2. The predicted molar refractivity (Wildman–Crippen MR) is 92.5 cm³/mol. The number of amides is 2. The standard InChI is InChI=1S/C18H25FN2O4/c1-6-25-18(24)15(11-16(22)20(4)5)17(23)21(12(2)3)14-9-7-13(19)8-10-14/h7-10,12,15H,6,11H2,1-5H3. The fraction of sp³-hybridized carbons (Fsp3) is 0.500. The zero-order chi connectivity index (χ0) is 19.1. The summed E-state index contributed by atoms with van der Waals surface area (Å²) in [4.78, 5) is 40.0. The molecule has 0 spiro atoms. The number of ether oxygens (including phenoxy) is 1. The molecule has 0 aromatic heterocycles. The minimum absolute atomic E-state index is 0.108. The number of esters is 1. The van der Waals surface area contributed by atoms with E-state index in [4.69, 9.17) is 4.74 Å². The van der Waals surface area contributed by atoms with E-state index in [-0.39, 0.29) is 25.0 Å². The van der Waals surface area contributed by atoms with Crippen LogP contribution in [0.3, 0.4) is 0 Å². The molecule has 1 rings (SSSR count). The van der Waals surface area contributed by atoms with Crippen LogP contribution in [0, 0.1) is 11.7 Å². The number of anilines is 1. The molecule has 25 heavy (non-hydrogen) atoms. The van der Waals surface area contributed by atoms with Crippen molar-refractivity contribution in [1.82, 2.24) is 4.90 Å². The maximum atomic E-state index is 13.2. The van der Waals surface area contributed by atoms with E-state index in [2.05, 4.69) is 0 Å². The number of rotatable bonds is 7. The Hall–Kier alpha value is -2.44. The lowest BCUT2D eigenvalue weighted by molar-refractivity contribution is -0.154. The second-order valence-electron chi connectivity index (χ2n) is 6.08. The fourth-order valence-corrected chi connectivity index (χ4v) is 2.32. The van der Waals surface area contributed by atoms with Crippen molar-refractivity contribution in [2.24, 2.45) is 5.92 Å². The van der Waals surface area contributed by atoms with Gasteiger partial charge in [-0.1, -0.05) is 0 Å². The van der Waals surface area contributed by atoms with Crippen LogP contribution in [-0.2, 0) is 19.1 Å². The molecule has 0 aliphatic carbocycles. The Kier molecular flexibility index (Phi) is 7.54. The minimum Gasteiger partial charge on any atom is -0.465 e. The van der Waals surface area contributed by atoms with Gasteiger partial charge in [-0.3, -0.25) is 14.4 Å². The van der Waals surface area contributed by atoms with Crippen molar-refractivity contribution in [3.63, 3.8) is 0 Å². The SMILES string of the molecule is CCOC(=O)C(CC(=O)N(C)C)C(=O)N(c1ccc(F)cc1)C(C)C. The third kappa shape index (κ3) is 5.55. The van der Waals surface area contributed by atoms with Gasteiger partial charge < -0.3 is 14.5 Å². The first kappa shape index (κ1) is 20.6. The van der Waals surface area contributed by atoms with Gasteiger partial charge in [-0.25, -0.2) is 4.39 Å². The molecule has 1 unspecified atom stereocenters. The van der Waals surface area contributed by atoms with Gasteiger partial charge in [0.15, 0.2) is 0 Å². The van der Waals surface area contributed by atoms with Gasteiger partial charge >= 0.3 is 5.97 Å². The molecule has 0 N–H and O–H groups in total. The van der Waals surface area contributed by atoms with Crippen molar-refractivity contribution < 1.29 is 23.5 Å². The fourth-order valence-electron chi connectivity index (χ4n) is 2.32. The summed E-state index contributed by atoms with van der Waals surface area (Å²) in [5, 5.41) is 0. The normalized spacial score (nSPS) is 11.8. The molecule has 1 atom stereocenters. The van der Waals surface area contributed by atoms with Crippen LogP contribution < -0.4 is 4.90 Å². The Bertz CT molecular complexity index is 614. The first-order chi connectivity index (χ1) is 11.7. The van der Waals surface area contributed by atoms with Gasteiger partial charge in [-0.15, -0.1) is 0 Å².